The van der Waals surface area contributed by atoms with Crippen LogP contribution in [0.2, 0.25) is 0 Å². The van der Waals surface area contributed by atoms with Gasteiger partial charge < -0.3 is 10.1 Å². The molecule has 4 rings (SSSR count). The first-order valence-electron chi connectivity index (χ1n) is 7.94. The van der Waals surface area contributed by atoms with Crippen molar-refractivity contribution in [2.24, 2.45) is 5.92 Å². The summed E-state index contributed by atoms with van der Waals surface area (Å²) >= 11 is 0. The Labute approximate surface area is 129 Å². The zero-order valence-corrected chi connectivity index (χ0v) is 12.7. The number of hydrogen-bond donors (Lipinski definition) is 1. The van der Waals surface area contributed by atoms with Crippen LogP contribution in [0.1, 0.15) is 28.9 Å². The molecule has 2 saturated heterocycles. The van der Waals surface area contributed by atoms with Crippen molar-refractivity contribution in [3.63, 3.8) is 0 Å². The molecule has 0 radical (unpaired) electrons. The van der Waals surface area contributed by atoms with E-state index in [1.54, 1.807) is 0 Å². The van der Waals surface area contributed by atoms with Gasteiger partial charge in [0.05, 0.1) is 18.7 Å². The average molecular weight is 296 g/mol. The summed E-state index contributed by atoms with van der Waals surface area (Å²) in [6, 6.07) is 10.5. The van der Waals surface area contributed by atoms with Gasteiger partial charge in [0.2, 0.25) is 0 Å². The van der Waals surface area contributed by atoms with Crippen LogP contribution in [0.15, 0.2) is 30.3 Å². The number of benzene rings is 1. The van der Waals surface area contributed by atoms with Crippen LogP contribution in [0.25, 0.3) is 10.9 Å². The highest BCUT2D eigenvalue weighted by Gasteiger charge is 2.35. The van der Waals surface area contributed by atoms with Crippen molar-refractivity contribution >= 4 is 16.7 Å². The van der Waals surface area contributed by atoms with E-state index in [9.17, 15) is 4.79 Å². The molecular weight excluding hydrogens is 276 g/mol. The number of rotatable bonds is 2. The molecule has 0 saturated carbocycles. The Bertz CT molecular complexity index is 716. The van der Waals surface area contributed by atoms with Crippen LogP contribution in [0.5, 0.6) is 0 Å². The van der Waals surface area contributed by atoms with Gasteiger partial charge in [-0.05, 0) is 44.0 Å². The summed E-state index contributed by atoms with van der Waals surface area (Å²) in [6.07, 6.45) is 1.75. The molecule has 2 aliphatic heterocycles. The second-order valence-electron chi connectivity index (χ2n) is 6.49. The van der Waals surface area contributed by atoms with E-state index in [4.69, 9.17) is 4.74 Å². The highest BCUT2D eigenvalue weighted by molar-refractivity contribution is 6.01. The number of hydrogen-bond acceptors (Lipinski definition) is 4. The van der Waals surface area contributed by atoms with E-state index in [0.29, 0.717) is 12.1 Å². The fourth-order valence-electron chi connectivity index (χ4n) is 3.67. The minimum Gasteiger partial charge on any atom is -0.378 e. The number of nitrogens with zero attached hydrogens (tertiary/aromatic N) is 1. The number of nitrogens with one attached hydrogen (secondary N) is 1. The Hall–Kier alpha value is -1.78. The maximum Gasteiger partial charge on any atom is 0.166 e. The highest BCUT2D eigenvalue weighted by Crippen LogP contribution is 2.28. The van der Waals surface area contributed by atoms with Crippen LogP contribution in [0, 0.1) is 12.8 Å². The Balaban J connectivity index is 1.61. The van der Waals surface area contributed by atoms with Gasteiger partial charge in [0.1, 0.15) is 0 Å². The molecule has 114 valence electrons. The molecule has 2 fully saturated rings. The number of ether oxygens (including phenoxy) is 1. The third-order valence-corrected chi connectivity index (χ3v) is 4.73. The predicted octanol–water partition coefficient (Wildman–Crippen LogP) is 2.49. The first kappa shape index (κ1) is 13.9. The van der Waals surface area contributed by atoms with Gasteiger partial charge in [-0.2, -0.15) is 0 Å². The van der Waals surface area contributed by atoms with Gasteiger partial charge in [0, 0.05) is 34.6 Å². The maximum atomic E-state index is 12.9. The van der Waals surface area contributed by atoms with Crippen LogP contribution in [-0.4, -0.2) is 36.1 Å². The molecule has 2 aromatic rings. The second-order valence-corrected chi connectivity index (χ2v) is 6.49. The third kappa shape index (κ3) is 2.53. The van der Waals surface area contributed by atoms with Crippen molar-refractivity contribution in [2.75, 3.05) is 13.2 Å². The monoisotopic (exact) mass is 296 g/mol. The van der Waals surface area contributed by atoms with Gasteiger partial charge >= 0.3 is 0 Å². The Morgan fingerprint density at radius 3 is 2.73 bits per heavy atom. The normalized spacial score (nSPS) is 27.8. The molecule has 0 aliphatic carbocycles. The Morgan fingerprint density at radius 1 is 1.18 bits per heavy atom. The fourth-order valence-corrected chi connectivity index (χ4v) is 3.67. The summed E-state index contributed by atoms with van der Waals surface area (Å²) in [7, 11) is 0. The lowest BCUT2D eigenvalue weighted by molar-refractivity contribution is 0.00953. The third-order valence-electron chi connectivity index (χ3n) is 4.73. The number of Topliss-reactive ketones (excluding diaryl/α,β-unsaturated/α-hetero) is 1. The minimum absolute atomic E-state index is 0.107. The lowest BCUT2D eigenvalue weighted by Gasteiger charge is -2.39. The second kappa shape index (κ2) is 5.45. The molecule has 4 nitrogen and oxygen atoms in total. The molecule has 1 N–H and O–H groups in total. The topological polar surface area (TPSA) is 51.2 Å². The molecule has 3 heterocycles. The standard InChI is InChI=1S/C18H20N2O2/c1-11-2-3-12-6-13(4-5-17(12)19-11)18(21)14-7-15-9-22-10-16(8-14)20-15/h2-6,14-16,20H,7-10H2,1H3. The van der Waals surface area contributed by atoms with Crippen LogP contribution in [-0.2, 0) is 4.74 Å². The van der Waals surface area contributed by atoms with E-state index in [0.717, 1.165) is 48.2 Å². The van der Waals surface area contributed by atoms with Crippen LogP contribution in [0.3, 0.4) is 0 Å². The Morgan fingerprint density at radius 2 is 1.95 bits per heavy atom. The smallest absolute Gasteiger partial charge is 0.166 e. The minimum atomic E-state index is 0.107. The first-order chi connectivity index (χ1) is 10.7. The SMILES string of the molecule is Cc1ccc2cc(C(=O)C3CC4COCC(C3)N4)ccc2n1. The van der Waals surface area contributed by atoms with Gasteiger partial charge in [-0.1, -0.05) is 6.07 Å². The zero-order chi connectivity index (χ0) is 15.1. The fraction of sp³-hybridized carbons (Fsp3) is 0.444. The van der Waals surface area contributed by atoms with Crippen molar-refractivity contribution in [2.45, 2.75) is 31.8 Å². The molecule has 2 bridgehead atoms. The summed E-state index contributed by atoms with van der Waals surface area (Å²) in [5, 5.41) is 4.57. The summed E-state index contributed by atoms with van der Waals surface area (Å²) in [6.45, 7) is 3.43. The van der Waals surface area contributed by atoms with E-state index >= 15 is 0 Å². The van der Waals surface area contributed by atoms with E-state index in [1.165, 1.54) is 0 Å². The van der Waals surface area contributed by atoms with E-state index in [-0.39, 0.29) is 11.7 Å². The molecule has 0 spiro atoms. The molecule has 1 aromatic carbocycles. The number of piperidine rings is 1. The van der Waals surface area contributed by atoms with Crippen molar-refractivity contribution in [1.29, 1.82) is 0 Å². The number of aryl methyl sites for hydroxylation is 1. The van der Waals surface area contributed by atoms with Gasteiger partial charge in [-0.25, -0.2) is 0 Å². The molecule has 0 amide bonds. The molecule has 1 aromatic heterocycles. The predicted molar refractivity (Wildman–Crippen MR) is 85.1 cm³/mol. The molecule has 22 heavy (non-hydrogen) atoms. The highest BCUT2D eigenvalue weighted by atomic mass is 16.5. The number of fused-ring (bicyclic) bond motifs is 3. The average Bonchev–Trinajstić information content (AvgIpc) is 2.53. The summed E-state index contributed by atoms with van der Waals surface area (Å²) in [5.41, 5.74) is 2.76. The Kier molecular flexibility index (Phi) is 3.43. The van der Waals surface area contributed by atoms with E-state index in [1.807, 2.05) is 37.3 Å². The van der Waals surface area contributed by atoms with Gasteiger partial charge in [0.15, 0.2) is 5.78 Å². The van der Waals surface area contributed by atoms with Crippen LogP contribution < -0.4 is 5.32 Å². The molecule has 2 unspecified atom stereocenters. The van der Waals surface area contributed by atoms with E-state index in [2.05, 4.69) is 10.3 Å². The lowest BCUT2D eigenvalue weighted by atomic mass is 9.82. The lowest BCUT2D eigenvalue weighted by Crippen LogP contribution is -2.55. The summed E-state index contributed by atoms with van der Waals surface area (Å²) in [4.78, 5) is 17.3. The number of carbonyl (C=O) groups excluding carboxylic acids is 1. The van der Waals surface area contributed by atoms with Crippen LogP contribution >= 0.6 is 0 Å². The summed E-state index contributed by atoms with van der Waals surface area (Å²) < 4.78 is 5.56. The van der Waals surface area contributed by atoms with Crippen molar-refractivity contribution < 1.29 is 9.53 Å². The quantitative estimate of drug-likeness (QED) is 0.865. The molecule has 2 atom stereocenters. The number of ketones is 1. The number of pyridine rings is 1. The van der Waals surface area contributed by atoms with Crippen molar-refractivity contribution in [3.8, 4) is 0 Å². The number of carbonyl (C=O) groups is 1. The number of morpholine rings is 1. The van der Waals surface area contributed by atoms with E-state index < -0.39 is 0 Å². The van der Waals surface area contributed by atoms with Gasteiger partial charge in [-0.3, -0.25) is 9.78 Å². The van der Waals surface area contributed by atoms with Crippen LogP contribution in [0.4, 0.5) is 0 Å². The summed E-state index contributed by atoms with van der Waals surface area (Å²) in [5.74, 6) is 0.372. The van der Waals surface area contributed by atoms with Gasteiger partial charge in [0.25, 0.3) is 0 Å². The van der Waals surface area contributed by atoms with Crippen molar-refractivity contribution in [3.05, 3.63) is 41.6 Å². The largest absolute Gasteiger partial charge is 0.378 e. The van der Waals surface area contributed by atoms with Gasteiger partial charge in [-0.15, -0.1) is 0 Å². The zero-order valence-electron chi connectivity index (χ0n) is 12.7. The molecule has 4 heteroatoms. The number of aromatic nitrogens is 1. The first-order valence-corrected chi connectivity index (χ1v) is 7.94. The van der Waals surface area contributed by atoms with Crippen molar-refractivity contribution in [1.82, 2.24) is 10.3 Å². The molecular formula is C18H20N2O2. The molecule has 2 aliphatic rings. The maximum absolute atomic E-state index is 12.9.